The Kier molecular flexibility index (Phi) is 7.47. The normalized spacial score (nSPS) is 18.1. The molecule has 0 aromatic carbocycles. The van der Waals surface area contributed by atoms with E-state index < -0.39 is 37.3 Å². The van der Waals surface area contributed by atoms with E-state index in [-0.39, 0.29) is 34.5 Å². The number of aryl methyl sites for hydroxylation is 2. The second-order valence-electron chi connectivity index (χ2n) is 9.26. The summed E-state index contributed by atoms with van der Waals surface area (Å²) in [5.41, 5.74) is -0.215. The SMILES string of the molecule is CCN(CC)S(=O)(=O)c1sc(C)c(NC2=CS(=O)(=O)NC2=N[C@@H](c2ccc(C)o2)C(C)(C)C)c1O. The third-order valence-corrected chi connectivity index (χ3v) is 10.1. The van der Waals surface area contributed by atoms with Gasteiger partial charge in [0, 0.05) is 18.0 Å². The summed E-state index contributed by atoms with van der Waals surface area (Å²) in [7, 11) is -7.75. The Morgan fingerprint density at radius 1 is 1.23 bits per heavy atom. The summed E-state index contributed by atoms with van der Waals surface area (Å²) >= 11 is 0.915. The maximum Gasteiger partial charge on any atom is 0.258 e. The molecule has 10 nitrogen and oxygen atoms in total. The first-order chi connectivity index (χ1) is 16.1. The molecule has 0 spiro atoms. The first-order valence-electron chi connectivity index (χ1n) is 11.1. The first-order valence-corrected chi connectivity index (χ1v) is 14.9. The monoisotopic (exact) mass is 544 g/mol. The minimum Gasteiger partial charge on any atom is -0.504 e. The van der Waals surface area contributed by atoms with Crippen LogP contribution in [0.3, 0.4) is 0 Å². The minimum atomic E-state index is -3.91. The molecular formula is C22H32N4O6S3. The molecule has 0 saturated heterocycles. The number of amidine groups is 1. The second kappa shape index (κ2) is 9.60. The van der Waals surface area contributed by atoms with Crippen molar-refractivity contribution in [3.8, 4) is 5.75 Å². The molecule has 0 bridgehead atoms. The Morgan fingerprint density at radius 2 is 1.86 bits per heavy atom. The van der Waals surface area contributed by atoms with Crippen LogP contribution in [0, 0.1) is 19.3 Å². The zero-order chi connectivity index (χ0) is 26.3. The molecule has 3 rings (SSSR count). The summed E-state index contributed by atoms with van der Waals surface area (Å²) in [6.45, 7) is 13.3. The molecular weight excluding hydrogens is 512 g/mol. The molecule has 2 aromatic rings. The molecule has 0 radical (unpaired) electrons. The third kappa shape index (κ3) is 5.57. The lowest BCUT2D eigenvalue weighted by Crippen LogP contribution is -2.30. The van der Waals surface area contributed by atoms with Crippen molar-refractivity contribution in [2.75, 3.05) is 18.4 Å². The Labute approximate surface area is 210 Å². The summed E-state index contributed by atoms with van der Waals surface area (Å²) in [5, 5.41) is 14.7. The minimum absolute atomic E-state index is 0.0390. The molecule has 1 aliphatic rings. The summed E-state index contributed by atoms with van der Waals surface area (Å²) in [6, 6.07) is 3.09. The molecule has 1 atom stereocenters. The highest BCUT2D eigenvalue weighted by molar-refractivity contribution is 7.93. The molecule has 0 fully saturated rings. The van der Waals surface area contributed by atoms with Crippen molar-refractivity contribution in [2.24, 2.45) is 10.4 Å². The van der Waals surface area contributed by atoms with E-state index in [1.54, 1.807) is 26.8 Å². The zero-order valence-electron chi connectivity index (χ0n) is 20.8. The average molecular weight is 545 g/mol. The number of aliphatic imine (C=N–C) groups is 1. The van der Waals surface area contributed by atoms with Crippen LogP contribution < -0.4 is 10.0 Å². The van der Waals surface area contributed by atoms with Crippen molar-refractivity contribution in [2.45, 2.75) is 58.7 Å². The highest BCUT2D eigenvalue weighted by atomic mass is 32.2. The highest BCUT2D eigenvalue weighted by Gasteiger charge is 2.35. The number of aromatic hydroxyl groups is 1. The zero-order valence-corrected chi connectivity index (χ0v) is 23.3. The number of thiophene rings is 1. The topological polar surface area (TPSA) is 141 Å². The predicted molar refractivity (Wildman–Crippen MR) is 138 cm³/mol. The van der Waals surface area contributed by atoms with Gasteiger partial charge in [-0.15, -0.1) is 11.3 Å². The number of furan rings is 1. The average Bonchev–Trinajstić information content (AvgIpc) is 3.37. The van der Waals surface area contributed by atoms with Crippen LogP contribution in [-0.2, 0) is 20.0 Å². The Bertz CT molecular complexity index is 1370. The lowest BCUT2D eigenvalue weighted by molar-refractivity contribution is 0.283. The fourth-order valence-electron chi connectivity index (χ4n) is 3.67. The summed E-state index contributed by atoms with van der Waals surface area (Å²) in [5.74, 6) is 0.862. The lowest BCUT2D eigenvalue weighted by atomic mass is 9.85. The van der Waals surface area contributed by atoms with Gasteiger partial charge in [0.25, 0.3) is 20.0 Å². The van der Waals surface area contributed by atoms with Gasteiger partial charge in [-0.25, -0.2) is 16.8 Å². The van der Waals surface area contributed by atoms with Crippen molar-refractivity contribution in [3.05, 3.63) is 39.6 Å². The molecule has 0 aliphatic carbocycles. The largest absolute Gasteiger partial charge is 0.504 e. The number of nitrogens with one attached hydrogen (secondary N) is 2. The van der Waals surface area contributed by atoms with Crippen LogP contribution in [0.1, 0.15) is 57.1 Å². The van der Waals surface area contributed by atoms with E-state index in [9.17, 15) is 21.9 Å². The second-order valence-corrected chi connectivity index (χ2v) is 14.1. The van der Waals surface area contributed by atoms with Gasteiger partial charge in [-0.05, 0) is 31.4 Å². The fourth-order valence-corrected chi connectivity index (χ4v) is 7.74. The van der Waals surface area contributed by atoms with Gasteiger partial charge in [-0.2, -0.15) is 4.31 Å². The predicted octanol–water partition coefficient (Wildman–Crippen LogP) is 4.07. The third-order valence-electron chi connectivity index (χ3n) is 5.44. The van der Waals surface area contributed by atoms with Crippen LogP contribution in [0.2, 0.25) is 0 Å². The Hall–Kier alpha value is -2.35. The van der Waals surface area contributed by atoms with Crippen LogP contribution in [0.5, 0.6) is 5.75 Å². The molecule has 3 N–H and O–H groups in total. The van der Waals surface area contributed by atoms with Gasteiger partial charge in [0.2, 0.25) is 0 Å². The number of hydrogen-bond acceptors (Lipinski definition) is 9. The van der Waals surface area contributed by atoms with Gasteiger partial charge >= 0.3 is 0 Å². The van der Waals surface area contributed by atoms with E-state index in [2.05, 4.69) is 15.0 Å². The van der Waals surface area contributed by atoms with Crippen LogP contribution in [-0.4, -0.2) is 45.2 Å². The number of anilines is 1. The Balaban J connectivity index is 2.06. The van der Waals surface area contributed by atoms with Crippen molar-refractivity contribution in [1.82, 2.24) is 9.03 Å². The van der Waals surface area contributed by atoms with E-state index in [1.807, 2.05) is 33.8 Å². The quantitative estimate of drug-likeness (QED) is 0.455. The van der Waals surface area contributed by atoms with Gasteiger partial charge in [-0.3, -0.25) is 9.71 Å². The molecule has 194 valence electrons. The van der Waals surface area contributed by atoms with Gasteiger partial charge < -0.3 is 14.8 Å². The standard InChI is InChI=1S/C22H32N4O6S3/c1-8-26(9-2)35(30,31)21-18(27)17(14(4)33-21)23-15-12-34(28,29)25-20(15)24-19(22(5,6)7)16-11-10-13(3)32-16/h10-12,19,23,27H,8-9H2,1-7H3,(H,24,25)/t19-/m0/s1. The van der Waals surface area contributed by atoms with E-state index >= 15 is 0 Å². The maximum atomic E-state index is 13.0. The number of rotatable bonds is 8. The van der Waals surface area contributed by atoms with Gasteiger partial charge in [0.05, 0.1) is 16.8 Å². The van der Waals surface area contributed by atoms with Crippen LogP contribution in [0.4, 0.5) is 5.69 Å². The van der Waals surface area contributed by atoms with E-state index in [1.165, 1.54) is 4.31 Å². The van der Waals surface area contributed by atoms with Gasteiger partial charge in [-0.1, -0.05) is 34.6 Å². The lowest BCUT2D eigenvalue weighted by Gasteiger charge is -2.26. The summed E-state index contributed by atoms with van der Waals surface area (Å²) in [4.78, 5) is 5.15. The van der Waals surface area contributed by atoms with Crippen molar-refractivity contribution in [3.63, 3.8) is 0 Å². The van der Waals surface area contributed by atoms with Crippen molar-refractivity contribution < 1.29 is 26.4 Å². The molecule has 1 aliphatic heterocycles. The Morgan fingerprint density at radius 3 is 2.37 bits per heavy atom. The van der Waals surface area contributed by atoms with Crippen molar-refractivity contribution in [1.29, 1.82) is 0 Å². The van der Waals surface area contributed by atoms with Crippen LogP contribution in [0.25, 0.3) is 0 Å². The molecule has 0 amide bonds. The molecule has 2 aromatic heterocycles. The summed E-state index contributed by atoms with van der Waals surface area (Å²) < 4.78 is 60.1. The maximum absolute atomic E-state index is 13.0. The number of hydrogen-bond donors (Lipinski definition) is 3. The first kappa shape index (κ1) is 27.2. The van der Waals surface area contributed by atoms with E-state index in [0.29, 0.717) is 16.4 Å². The molecule has 0 saturated carbocycles. The molecule has 3 heterocycles. The molecule has 13 heteroatoms. The number of sulfonamides is 2. The smallest absolute Gasteiger partial charge is 0.258 e. The van der Waals surface area contributed by atoms with E-state index in [4.69, 9.17) is 4.42 Å². The van der Waals surface area contributed by atoms with Gasteiger partial charge in [0.1, 0.15) is 17.6 Å². The molecule has 0 unspecified atom stereocenters. The van der Waals surface area contributed by atoms with Crippen molar-refractivity contribution >= 4 is 42.9 Å². The van der Waals surface area contributed by atoms with Gasteiger partial charge in [0.15, 0.2) is 15.8 Å². The van der Waals surface area contributed by atoms with Crippen LogP contribution in [0.15, 0.2) is 36.9 Å². The van der Waals surface area contributed by atoms with Crippen LogP contribution >= 0.6 is 11.3 Å². The fraction of sp³-hybridized carbons (Fsp3) is 0.500. The van der Waals surface area contributed by atoms with E-state index in [0.717, 1.165) is 16.7 Å². The molecule has 35 heavy (non-hydrogen) atoms. The highest BCUT2D eigenvalue weighted by Crippen LogP contribution is 2.44. The number of nitrogens with zero attached hydrogens (tertiary/aromatic N) is 2. The summed E-state index contributed by atoms with van der Waals surface area (Å²) in [6.07, 6.45) is 0.